The van der Waals surface area contributed by atoms with E-state index in [0.29, 0.717) is 0 Å². The zero-order valence-corrected chi connectivity index (χ0v) is 7.19. The van der Waals surface area contributed by atoms with Gasteiger partial charge in [0.25, 0.3) is 0 Å². The Morgan fingerprint density at radius 1 is 1.14 bits per heavy atom. The van der Waals surface area contributed by atoms with E-state index in [1.165, 1.54) is 0 Å². The van der Waals surface area contributed by atoms with Gasteiger partial charge in [-0.3, -0.25) is 0 Å². The van der Waals surface area contributed by atoms with E-state index < -0.39 is 7.82 Å². The Balaban J connectivity index is -0.0000000800. The van der Waals surface area contributed by atoms with Crippen LogP contribution >= 0.6 is 7.82 Å². The summed E-state index contributed by atoms with van der Waals surface area (Å²) < 4.78 is 8.55. The van der Waals surface area contributed by atoms with Crippen molar-refractivity contribution in [2.45, 2.75) is 0 Å². The summed E-state index contributed by atoms with van der Waals surface area (Å²) in [7, 11) is -5.39. The third-order valence-electron chi connectivity index (χ3n) is 0. The first kappa shape index (κ1) is 15.9. The Bertz CT molecular complexity index is 57.8. The molecule has 0 aliphatic rings. The fraction of sp³-hybridized carbons (Fsp3) is 0. The summed E-state index contributed by atoms with van der Waals surface area (Å²) in [6, 6.07) is 0. The van der Waals surface area contributed by atoms with E-state index in [4.69, 9.17) is 19.2 Å². The molecule has 0 radical (unpaired) electrons. The molecule has 0 aliphatic heterocycles. The molecule has 0 amide bonds. The molecule has 0 unspecified atom stereocenters. The minimum absolute atomic E-state index is 0. The number of phosphoric acid groups is 1. The molecule has 0 aromatic heterocycles. The summed E-state index contributed by atoms with van der Waals surface area (Å²) in [5, 5.41) is 0. The van der Waals surface area contributed by atoms with Gasteiger partial charge in [0.05, 0.1) is 0 Å². The van der Waals surface area contributed by atoms with E-state index >= 15 is 0 Å². The van der Waals surface area contributed by atoms with Gasteiger partial charge in [-0.05, 0) is 0 Å². The van der Waals surface area contributed by atoms with Crippen molar-refractivity contribution in [2.75, 3.05) is 0 Å². The van der Waals surface area contributed by atoms with Gasteiger partial charge in [-0.25, -0.2) is 0 Å². The number of hydrogen-bond donors (Lipinski definition) is 0. The molecule has 0 saturated carbocycles. The van der Waals surface area contributed by atoms with Crippen molar-refractivity contribution >= 4 is 45.6 Å². The van der Waals surface area contributed by atoms with Crippen molar-refractivity contribution in [3.63, 3.8) is 0 Å². The van der Waals surface area contributed by atoms with E-state index in [-0.39, 0.29) is 54.2 Å². The topological polar surface area (TPSA) is 86.2 Å². The van der Waals surface area contributed by atoms with Crippen molar-refractivity contribution in [3.8, 4) is 0 Å². The van der Waals surface area contributed by atoms with Crippen LogP contribution in [0.1, 0.15) is 0 Å². The Labute approximate surface area is 80.5 Å². The van der Waals surface area contributed by atoms with Crippen LogP contribution in [0.4, 0.5) is 0 Å². The van der Waals surface area contributed by atoms with Crippen molar-refractivity contribution in [2.24, 2.45) is 0 Å². The minimum Gasteiger partial charge on any atom is -0.822 e. The molecule has 40 valence electrons. The van der Waals surface area contributed by atoms with Gasteiger partial charge >= 0.3 is 54.2 Å². The van der Waals surface area contributed by atoms with E-state index in [1.54, 1.807) is 0 Å². The quantitative estimate of drug-likeness (QED) is 0.300. The Morgan fingerprint density at radius 3 is 1.14 bits per heavy atom. The molecule has 4 nitrogen and oxygen atoms in total. The first-order valence-corrected chi connectivity index (χ1v) is 2.19. The average Bonchev–Trinajstić information content (AvgIpc) is 0.722. The smallest absolute Gasteiger partial charge is 0.822 e. The monoisotopic (exact) mass is 193 g/mol. The SMILES string of the molecule is O=P([O-])([O-])[O-].[Ca+2].[Ni+2]. The Hall–Kier alpha value is 1.86. The van der Waals surface area contributed by atoms with Gasteiger partial charge in [0.1, 0.15) is 0 Å². The van der Waals surface area contributed by atoms with Crippen LogP contribution in [-0.4, -0.2) is 37.7 Å². The van der Waals surface area contributed by atoms with Crippen LogP contribution in [0.2, 0.25) is 0 Å². The third-order valence-corrected chi connectivity index (χ3v) is 0. The maximum atomic E-state index is 8.55. The molecule has 0 atom stereocenters. The first-order valence-electron chi connectivity index (χ1n) is 0.730. The fourth-order valence-corrected chi connectivity index (χ4v) is 0. The molecule has 0 rings (SSSR count). The average molecular weight is 194 g/mol. The number of rotatable bonds is 0. The predicted octanol–water partition coefficient (Wildman–Crippen LogP) is -3.21. The molecular formula is CaNiO4P+. The zero-order chi connectivity index (χ0) is 4.50. The standard InChI is InChI=1S/Ca.Ni.H3O4P/c;;1-5(2,3)4/h;;(H3,1,2,3,4)/q2*+2;/p-3. The largest absolute Gasteiger partial charge is 2.00 e. The molecule has 0 fully saturated rings. The van der Waals surface area contributed by atoms with E-state index in [1.807, 2.05) is 0 Å². The fourth-order valence-electron chi connectivity index (χ4n) is 0. The summed E-state index contributed by atoms with van der Waals surface area (Å²) in [4.78, 5) is 25.6. The Kier molecular flexibility index (Phi) is 13.6. The summed E-state index contributed by atoms with van der Waals surface area (Å²) in [5.74, 6) is 0. The summed E-state index contributed by atoms with van der Waals surface area (Å²) in [6.07, 6.45) is 0. The molecule has 0 spiro atoms. The maximum Gasteiger partial charge on any atom is 2.00 e. The van der Waals surface area contributed by atoms with Crippen LogP contribution < -0.4 is 14.7 Å². The second-order valence-electron chi connectivity index (χ2n) is 0.447. The predicted molar refractivity (Wildman–Crippen MR) is 13.4 cm³/mol. The van der Waals surface area contributed by atoms with Crippen molar-refractivity contribution in [1.29, 1.82) is 0 Å². The van der Waals surface area contributed by atoms with Crippen LogP contribution in [0.25, 0.3) is 0 Å². The summed E-state index contributed by atoms with van der Waals surface area (Å²) in [6.45, 7) is 0. The molecule has 0 N–H and O–H groups in total. The molecule has 0 saturated heterocycles. The van der Waals surface area contributed by atoms with Crippen molar-refractivity contribution in [1.82, 2.24) is 0 Å². The van der Waals surface area contributed by atoms with Crippen molar-refractivity contribution < 1.29 is 35.7 Å². The van der Waals surface area contributed by atoms with Gasteiger partial charge in [0.15, 0.2) is 0 Å². The Morgan fingerprint density at radius 2 is 1.14 bits per heavy atom. The van der Waals surface area contributed by atoms with Crippen LogP contribution in [0, 0.1) is 0 Å². The van der Waals surface area contributed by atoms with Crippen LogP contribution in [0.15, 0.2) is 0 Å². The molecule has 7 heteroatoms. The molecule has 0 aromatic carbocycles. The third kappa shape index (κ3) is 77.9. The van der Waals surface area contributed by atoms with Gasteiger partial charge in [0.2, 0.25) is 0 Å². The normalized spacial score (nSPS) is 8.43. The van der Waals surface area contributed by atoms with Crippen LogP contribution in [-0.2, 0) is 21.1 Å². The zero-order valence-electron chi connectivity index (χ0n) is 3.10. The van der Waals surface area contributed by atoms with Gasteiger partial charge < -0.3 is 19.2 Å². The first-order chi connectivity index (χ1) is 2.00. The molecule has 0 aliphatic carbocycles. The second-order valence-corrected chi connectivity index (χ2v) is 1.34. The van der Waals surface area contributed by atoms with E-state index in [2.05, 4.69) is 0 Å². The molecular weight excluding hydrogens is 194 g/mol. The molecule has 0 aromatic rings. The van der Waals surface area contributed by atoms with Gasteiger partial charge in [-0.15, -0.1) is 0 Å². The van der Waals surface area contributed by atoms with Gasteiger partial charge in [0, 0.05) is 0 Å². The summed E-state index contributed by atoms with van der Waals surface area (Å²) >= 11 is 0. The van der Waals surface area contributed by atoms with Gasteiger partial charge in [-0.2, -0.15) is 7.82 Å². The van der Waals surface area contributed by atoms with E-state index in [0.717, 1.165) is 0 Å². The number of hydrogen-bond acceptors (Lipinski definition) is 4. The summed E-state index contributed by atoms with van der Waals surface area (Å²) in [5.41, 5.74) is 0. The van der Waals surface area contributed by atoms with Crippen LogP contribution in [0.3, 0.4) is 0 Å². The molecule has 0 bridgehead atoms. The van der Waals surface area contributed by atoms with E-state index in [9.17, 15) is 0 Å². The van der Waals surface area contributed by atoms with Crippen molar-refractivity contribution in [3.05, 3.63) is 0 Å². The minimum atomic E-state index is -5.39. The maximum absolute atomic E-state index is 8.55. The molecule has 7 heavy (non-hydrogen) atoms. The van der Waals surface area contributed by atoms with Crippen LogP contribution in [0.5, 0.6) is 0 Å². The second kappa shape index (κ2) is 5.99. The molecule has 0 heterocycles. The van der Waals surface area contributed by atoms with Gasteiger partial charge in [-0.1, -0.05) is 0 Å².